The lowest BCUT2D eigenvalue weighted by Crippen LogP contribution is -2.45. The van der Waals surface area contributed by atoms with Crippen LogP contribution < -0.4 is 22.1 Å². The molecule has 1 aliphatic rings. The second-order valence-electron chi connectivity index (χ2n) is 9.47. The van der Waals surface area contributed by atoms with E-state index in [1.54, 1.807) is 0 Å². The summed E-state index contributed by atoms with van der Waals surface area (Å²) >= 11 is 0. The molecular weight excluding hydrogens is 452 g/mol. The van der Waals surface area contributed by atoms with Crippen LogP contribution in [0.3, 0.4) is 0 Å². The molecule has 1 fully saturated rings. The largest absolute Gasteiger partial charge is 0.384 e. The number of carbonyl (C=O) groups excluding carboxylic acids is 2. The number of fused-ring (bicyclic) bond motifs is 2. The van der Waals surface area contributed by atoms with E-state index >= 15 is 0 Å². The number of amidine groups is 1. The molecule has 0 radical (unpaired) electrons. The summed E-state index contributed by atoms with van der Waals surface area (Å²) in [7, 11) is 0. The van der Waals surface area contributed by atoms with Gasteiger partial charge < -0.3 is 26.7 Å². The van der Waals surface area contributed by atoms with Gasteiger partial charge in [-0.05, 0) is 54.2 Å². The Bertz CT molecular complexity index is 1460. The highest BCUT2D eigenvalue weighted by Gasteiger charge is 2.25. The van der Waals surface area contributed by atoms with Crippen LogP contribution in [0.5, 0.6) is 0 Å². The first kappa shape index (κ1) is 23.4. The third-order valence-electron chi connectivity index (χ3n) is 7.07. The first-order valence-electron chi connectivity index (χ1n) is 12.2. The summed E-state index contributed by atoms with van der Waals surface area (Å²) in [6, 6.07) is 21.5. The van der Waals surface area contributed by atoms with Gasteiger partial charge >= 0.3 is 6.03 Å². The molecule has 0 aliphatic heterocycles. The standard InChI is InChI=1S/C28H30N6O2/c29-26(30)19-9-8-18-14-25(27(35)32-21-10-12-22(13-11-21)33-28(31)36)34(24(18)15-19)16-20-6-3-5-17-4-1-2-7-23(17)20/h1-9,14-15,21-22H,10-13,16H2,(H3,29,30)(H,32,35)(H3,31,33,36)/t21-,22-. The fourth-order valence-corrected chi connectivity index (χ4v) is 5.22. The van der Waals surface area contributed by atoms with Crippen LogP contribution >= 0.6 is 0 Å². The maximum atomic E-state index is 13.5. The fourth-order valence-electron chi connectivity index (χ4n) is 5.22. The monoisotopic (exact) mass is 482 g/mol. The summed E-state index contributed by atoms with van der Waals surface area (Å²) in [5.74, 6) is -0.149. The van der Waals surface area contributed by atoms with Gasteiger partial charge in [0.1, 0.15) is 11.5 Å². The van der Waals surface area contributed by atoms with Gasteiger partial charge in [-0.2, -0.15) is 0 Å². The van der Waals surface area contributed by atoms with E-state index in [0.29, 0.717) is 17.8 Å². The Labute approximate surface area is 209 Å². The van der Waals surface area contributed by atoms with Crippen LogP contribution in [0, 0.1) is 5.41 Å². The molecule has 1 aliphatic carbocycles. The lowest BCUT2D eigenvalue weighted by molar-refractivity contribution is 0.0916. The van der Waals surface area contributed by atoms with E-state index in [1.807, 2.05) is 47.0 Å². The minimum absolute atomic E-state index is 0.0119. The molecule has 5 rings (SSSR count). The van der Waals surface area contributed by atoms with E-state index in [2.05, 4.69) is 34.9 Å². The number of urea groups is 1. The predicted octanol–water partition coefficient (Wildman–Crippen LogP) is 3.84. The van der Waals surface area contributed by atoms with Crippen molar-refractivity contribution in [2.24, 2.45) is 11.5 Å². The third-order valence-corrected chi connectivity index (χ3v) is 7.07. The molecule has 3 amide bonds. The van der Waals surface area contributed by atoms with Crippen molar-refractivity contribution < 1.29 is 9.59 Å². The van der Waals surface area contributed by atoms with Gasteiger partial charge in [-0.25, -0.2) is 4.79 Å². The van der Waals surface area contributed by atoms with Gasteiger partial charge in [0.2, 0.25) is 0 Å². The maximum absolute atomic E-state index is 13.5. The van der Waals surface area contributed by atoms with Crippen LogP contribution in [0.1, 0.15) is 47.3 Å². The van der Waals surface area contributed by atoms with E-state index in [0.717, 1.165) is 52.9 Å². The summed E-state index contributed by atoms with van der Waals surface area (Å²) in [4.78, 5) is 24.7. The Morgan fingerprint density at radius 1 is 0.861 bits per heavy atom. The van der Waals surface area contributed by atoms with E-state index in [9.17, 15) is 9.59 Å². The van der Waals surface area contributed by atoms with Crippen molar-refractivity contribution in [2.75, 3.05) is 0 Å². The summed E-state index contributed by atoms with van der Waals surface area (Å²) in [6.45, 7) is 0.504. The molecule has 7 N–H and O–H groups in total. The molecule has 0 unspecified atom stereocenters. The van der Waals surface area contributed by atoms with Gasteiger partial charge in [-0.15, -0.1) is 0 Å². The van der Waals surface area contributed by atoms with Crippen molar-refractivity contribution in [3.05, 3.63) is 83.6 Å². The number of nitrogens with two attached hydrogens (primary N) is 2. The summed E-state index contributed by atoms with van der Waals surface area (Å²) in [6.07, 6.45) is 3.09. The molecule has 1 saturated carbocycles. The third kappa shape index (κ3) is 4.75. The SMILES string of the molecule is N=C(N)c1ccc2cc(C(=O)N[C@H]3CC[C@H](NC(N)=O)CC3)n(Cc3cccc4ccccc34)c2c1. The summed E-state index contributed by atoms with van der Waals surface area (Å²) < 4.78 is 2.01. The van der Waals surface area contributed by atoms with Crippen molar-refractivity contribution in [1.29, 1.82) is 5.41 Å². The number of nitrogens with zero attached hydrogens (tertiary/aromatic N) is 1. The van der Waals surface area contributed by atoms with Gasteiger partial charge in [0, 0.05) is 35.1 Å². The first-order chi connectivity index (χ1) is 17.4. The number of amides is 3. The zero-order valence-corrected chi connectivity index (χ0v) is 20.0. The van der Waals surface area contributed by atoms with Crippen LogP contribution in [0.15, 0.2) is 66.7 Å². The van der Waals surface area contributed by atoms with Crippen LogP contribution in [0.25, 0.3) is 21.7 Å². The Morgan fingerprint density at radius 2 is 1.56 bits per heavy atom. The van der Waals surface area contributed by atoms with Crippen molar-refractivity contribution in [2.45, 2.75) is 44.3 Å². The molecule has 184 valence electrons. The van der Waals surface area contributed by atoms with Gasteiger partial charge in [0.05, 0.1) is 0 Å². The number of nitrogen functional groups attached to an aromatic ring is 1. The van der Waals surface area contributed by atoms with Crippen LogP contribution in [0.4, 0.5) is 4.79 Å². The smallest absolute Gasteiger partial charge is 0.312 e. The summed E-state index contributed by atoms with van der Waals surface area (Å²) in [5.41, 5.74) is 14.2. The Hall–Kier alpha value is -4.33. The van der Waals surface area contributed by atoms with Gasteiger partial charge in [0.15, 0.2) is 0 Å². The van der Waals surface area contributed by atoms with E-state index < -0.39 is 6.03 Å². The Kier molecular flexibility index (Phi) is 6.33. The molecule has 1 heterocycles. The van der Waals surface area contributed by atoms with E-state index in [1.165, 1.54) is 0 Å². The second kappa shape index (κ2) is 9.73. The van der Waals surface area contributed by atoms with Crippen molar-refractivity contribution >= 4 is 39.4 Å². The second-order valence-corrected chi connectivity index (χ2v) is 9.47. The Balaban J connectivity index is 1.48. The normalized spacial score (nSPS) is 17.7. The molecule has 8 nitrogen and oxygen atoms in total. The summed E-state index contributed by atoms with van der Waals surface area (Å²) in [5, 5.41) is 17.0. The molecule has 8 heteroatoms. The molecule has 3 aromatic carbocycles. The topological polar surface area (TPSA) is 139 Å². The fraction of sp³-hybridized carbons (Fsp3) is 0.250. The molecule has 0 spiro atoms. The molecule has 36 heavy (non-hydrogen) atoms. The molecule has 0 saturated heterocycles. The number of hydrogen-bond donors (Lipinski definition) is 5. The molecule has 4 aromatic rings. The average molecular weight is 483 g/mol. The maximum Gasteiger partial charge on any atom is 0.312 e. The van der Waals surface area contributed by atoms with Crippen LogP contribution in [-0.4, -0.2) is 34.4 Å². The number of primary amides is 1. The molecular formula is C28H30N6O2. The van der Waals surface area contributed by atoms with Crippen LogP contribution in [0.2, 0.25) is 0 Å². The first-order valence-corrected chi connectivity index (χ1v) is 12.2. The van der Waals surface area contributed by atoms with Gasteiger partial charge in [-0.3, -0.25) is 10.2 Å². The lowest BCUT2D eigenvalue weighted by atomic mass is 9.91. The highest BCUT2D eigenvalue weighted by atomic mass is 16.2. The predicted molar refractivity (Wildman–Crippen MR) is 142 cm³/mol. The van der Waals surface area contributed by atoms with Crippen molar-refractivity contribution in [3.63, 3.8) is 0 Å². The highest BCUT2D eigenvalue weighted by molar-refractivity contribution is 6.02. The molecule has 1 aromatic heterocycles. The number of rotatable bonds is 6. The highest BCUT2D eigenvalue weighted by Crippen LogP contribution is 2.27. The molecule has 0 atom stereocenters. The minimum Gasteiger partial charge on any atom is -0.384 e. The van der Waals surface area contributed by atoms with E-state index in [-0.39, 0.29) is 23.8 Å². The van der Waals surface area contributed by atoms with E-state index in [4.69, 9.17) is 16.9 Å². The Morgan fingerprint density at radius 3 is 2.28 bits per heavy atom. The lowest BCUT2D eigenvalue weighted by Gasteiger charge is -2.29. The minimum atomic E-state index is -0.509. The zero-order valence-electron chi connectivity index (χ0n) is 20.0. The zero-order chi connectivity index (χ0) is 25.2. The quantitative estimate of drug-likeness (QED) is 0.211. The number of nitrogens with one attached hydrogen (secondary N) is 3. The number of aromatic nitrogens is 1. The van der Waals surface area contributed by atoms with Crippen molar-refractivity contribution in [1.82, 2.24) is 15.2 Å². The number of carbonyl (C=O) groups is 2. The van der Waals surface area contributed by atoms with Gasteiger partial charge in [-0.1, -0.05) is 54.6 Å². The number of hydrogen-bond acceptors (Lipinski definition) is 3. The average Bonchev–Trinajstić information content (AvgIpc) is 3.23. The van der Waals surface area contributed by atoms with Crippen molar-refractivity contribution in [3.8, 4) is 0 Å². The molecule has 0 bridgehead atoms. The van der Waals surface area contributed by atoms with Gasteiger partial charge in [0.25, 0.3) is 5.91 Å². The van der Waals surface area contributed by atoms with Crippen LogP contribution in [-0.2, 0) is 6.54 Å². The number of benzene rings is 3.